The Hall–Kier alpha value is -1.19. The second-order valence-electron chi connectivity index (χ2n) is 2.73. The Kier molecular flexibility index (Phi) is 3.44. The Labute approximate surface area is 72.1 Å². The molecule has 1 rings (SSSR count). The molecule has 4 nitrogen and oxygen atoms in total. The van der Waals surface area contributed by atoms with Crippen LogP contribution < -0.4 is 0 Å². The van der Waals surface area contributed by atoms with Crippen molar-refractivity contribution in [2.45, 2.75) is 32.2 Å². The van der Waals surface area contributed by atoms with Gasteiger partial charge in [0.15, 0.2) is 0 Å². The molecule has 12 heavy (non-hydrogen) atoms. The summed E-state index contributed by atoms with van der Waals surface area (Å²) >= 11 is 0. The maximum absolute atomic E-state index is 6.93. The predicted octanol–water partition coefficient (Wildman–Crippen LogP) is 1.66. The Balaban J connectivity index is 2.51. The summed E-state index contributed by atoms with van der Waals surface area (Å²) in [5.74, 6) is 0. The van der Waals surface area contributed by atoms with Crippen LogP contribution in [0, 0.1) is 5.41 Å². The van der Waals surface area contributed by atoms with E-state index in [0.717, 1.165) is 19.3 Å². The van der Waals surface area contributed by atoms with E-state index < -0.39 is 0 Å². The van der Waals surface area contributed by atoms with Crippen LogP contribution >= 0.6 is 0 Å². The van der Waals surface area contributed by atoms with Gasteiger partial charge in [0, 0.05) is 6.20 Å². The van der Waals surface area contributed by atoms with Gasteiger partial charge in [-0.25, -0.2) is 4.68 Å². The average molecular weight is 166 g/mol. The quantitative estimate of drug-likeness (QED) is 0.676. The molecular formula is C8H14N4. The summed E-state index contributed by atoms with van der Waals surface area (Å²) in [5, 5.41) is 14.6. The predicted molar refractivity (Wildman–Crippen MR) is 47.4 cm³/mol. The van der Waals surface area contributed by atoms with Gasteiger partial charge in [-0.2, -0.15) is 0 Å². The lowest BCUT2D eigenvalue weighted by atomic mass is 10.1. The molecule has 1 heterocycles. The first-order valence-electron chi connectivity index (χ1n) is 4.23. The highest BCUT2D eigenvalue weighted by atomic mass is 15.4. The molecule has 0 aromatic carbocycles. The molecule has 0 bridgehead atoms. The maximum atomic E-state index is 6.93. The van der Waals surface area contributed by atoms with Crippen LogP contribution in [0.3, 0.4) is 0 Å². The third-order valence-electron chi connectivity index (χ3n) is 1.93. The van der Waals surface area contributed by atoms with Crippen molar-refractivity contribution in [3.8, 4) is 0 Å². The van der Waals surface area contributed by atoms with Crippen LogP contribution in [0.4, 0.5) is 0 Å². The molecule has 0 amide bonds. The average Bonchev–Trinajstić information content (AvgIpc) is 2.59. The highest BCUT2D eigenvalue weighted by Crippen LogP contribution is 2.14. The van der Waals surface area contributed by atoms with Crippen LogP contribution in [0.15, 0.2) is 12.4 Å². The number of nitrogens with zero attached hydrogens (tertiary/aromatic N) is 3. The van der Waals surface area contributed by atoms with Crippen LogP contribution in [0.1, 0.15) is 32.2 Å². The topological polar surface area (TPSA) is 54.6 Å². The van der Waals surface area contributed by atoms with Gasteiger partial charge in [-0.1, -0.05) is 12.1 Å². The van der Waals surface area contributed by atoms with E-state index in [1.54, 1.807) is 6.20 Å². The third-order valence-corrected chi connectivity index (χ3v) is 1.93. The fraction of sp³-hybridized carbons (Fsp3) is 0.625. The first-order chi connectivity index (χ1) is 5.88. The van der Waals surface area contributed by atoms with Gasteiger partial charge in [0.2, 0.25) is 0 Å². The Morgan fingerprint density at radius 2 is 2.50 bits per heavy atom. The third kappa shape index (κ3) is 2.15. The van der Waals surface area contributed by atoms with Crippen molar-refractivity contribution in [2.24, 2.45) is 0 Å². The van der Waals surface area contributed by atoms with E-state index in [0.29, 0.717) is 6.04 Å². The van der Waals surface area contributed by atoms with Gasteiger partial charge in [-0.3, -0.25) is 0 Å². The van der Waals surface area contributed by atoms with Crippen molar-refractivity contribution in [1.82, 2.24) is 15.0 Å². The molecule has 0 spiro atoms. The zero-order valence-corrected chi connectivity index (χ0v) is 7.27. The van der Waals surface area contributed by atoms with Crippen molar-refractivity contribution < 1.29 is 0 Å². The standard InChI is InChI=1S/C8H14N4/c1-2-8(4-3-5-9)12-7-6-10-11-12/h5-9H,2-4H2,1H3. The van der Waals surface area contributed by atoms with Gasteiger partial charge < -0.3 is 5.41 Å². The van der Waals surface area contributed by atoms with Crippen LogP contribution in [0.5, 0.6) is 0 Å². The molecule has 0 saturated carbocycles. The van der Waals surface area contributed by atoms with Gasteiger partial charge in [0.1, 0.15) is 0 Å². The first-order valence-corrected chi connectivity index (χ1v) is 4.23. The minimum Gasteiger partial charge on any atom is -0.313 e. The summed E-state index contributed by atoms with van der Waals surface area (Å²) in [6.07, 6.45) is 7.84. The minimum atomic E-state index is 0.397. The van der Waals surface area contributed by atoms with E-state index in [9.17, 15) is 0 Å². The number of aromatic nitrogens is 3. The number of rotatable bonds is 5. The zero-order chi connectivity index (χ0) is 8.81. The van der Waals surface area contributed by atoms with Gasteiger partial charge in [0.25, 0.3) is 0 Å². The van der Waals surface area contributed by atoms with Gasteiger partial charge in [-0.15, -0.1) is 5.10 Å². The van der Waals surface area contributed by atoms with E-state index in [-0.39, 0.29) is 0 Å². The Morgan fingerprint density at radius 1 is 1.67 bits per heavy atom. The minimum absolute atomic E-state index is 0.397. The summed E-state index contributed by atoms with van der Waals surface area (Å²) in [6, 6.07) is 0.397. The molecule has 1 aromatic heterocycles. The second-order valence-corrected chi connectivity index (χ2v) is 2.73. The largest absolute Gasteiger partial charge is 0.313 e. The monoisotopic (exact) mass is 166 g/mol. The normalized spacial score (nSPS) is 12.8. The van der Waals surface area contributed by atoms with Crippen molar-refractivity contribution >= 4 is 6.21 Å². The van der Waals surface area contributed by atoms with E-state index >= 15 is 0 Å². The number of hydrogen-bond acceptors (Lipinski definition) is 3. The lowest BCUT2D eigenvalue weighted by Gasteiger charge is -2.12. The second kappa shape index (κ2) is 4.64. The lowest BCUT2D eigenvalue weighted by molar-refractivity contribution is 0.410. The summed E-state index contributed by atoms with van der Waals surface area (Å²) in [5.41, 5.74) is 0. The summed E-state index contributed by atoms with van der Waals surface area (Å²) in [6.45, 7) is 2.12. The van der Waals surface area contributed by atoms with Crippen LogP contribution in [0.2, 0.25) is 0 Å². The van der Waals surface area contributed by atoms with E-state index in [1.807, 2.05) is 10.9 Å². The molecular weight excluding hydrogens is 152 g/mol. The van der Waals surface area contributed by atoms with Crippen molar-refractivity contribution in [3.63, 3.8) is 0 Å². The highest BCUT2D eigenvalue weighted by molar-refractivity contribution is 5.52. The van der Waals surface area contributed by atoms with Gasteiger partial charge in [0.05, 0.1) is 12.2 Å². The van der Waals surface area contributed by atoms with Crippen molar-refractivity contribution in [3.05, 3.63) is 12.4 Å². The molecule has 0 fully saturated rings. The highest BCUT2D eigenvalue weighted by Gasteiger charge is 2.07. The maximum Gasteiger partial charge on any atom is 0.0693 e. The van der Waals surface area contributed by atoms with Crippen molar-refractivity contribution in [1.29, 1.82) is 5.41 Å². The van der Waals surface area contributed by atoms with Crippen LogP contribution in [0.25, 0.3) is 0 Å². The smallest absolute Gasteiger partial charge is 0.0693 e. The van der Waals surface area contributed by atoms with Crippen LogP contribution in [-0.4, -0.2) is 21.2 Å². The van der Waals surface area contributed by atoms with Crippen LogP contribution in [-0.2, 0) is 0 Å². The fourth-order valence-corrected chi connectivity index (χ4v) is 1.21. The van der Waals surface area contributed by atoms with Gasteiger partial charge in [-0.05, 0) is 25.5 Å². The molecule has 1 N–H and O–H groups in total. The number of hydrogen-bond donors (Lipinski definition) is 1. The molecule has 4 heteroatoms. The molecule has 66 valence electrons. The molecule has 1 atom stereocenters. The number of nitrogens with one attached hydrogen (secondary N) is 1. The molecule has 1 unspecified atom stereocenters. The molecule has 0 aliphatic rings. The SMILES string of the molecule is CCC(CCC=N)n1ccnn1. The first kappa shape index (κ1) is 8.90. The van der Waals surface area contributed by atoms with Crippen molar-refractivity contribution in [2.75, 3.05) is 0 Å². The van der Waals surface area contributed by atoms with E-state index in [1.165, 1.54) is 6.21 Å². The Morgan fingerprint density at radius 3 is 3.00 bits per heavy atom. The summed E-state index contributed by atoms with van der Waals surface area (Å²) in [7, 11) is 0. The summed E-state index contributed by atoms with van der Waals surface area (Å²) < 4.78 is 1.86. The molecule has 1 aromatic rings. The van der Waals surface area contributed by atoms with Gasteiger partial charge >= 0.3 is 0 Å². The zero-order valence-electron chi connectivity index (χ0n) is 7.27. The van der Waals surface area contributed by atoms with E-state index in [4.69, 9.17) is 5.41 Å². The molecule has 0 aliphatic carbocycles. The molecule has 0 aliphatic heterocycles. The lowest BCUT2D eigenvalue weighted by Crippen LogP contribution is -2.08. The summed E-state index contributed by atoms with van der Waals surface area (Å²) in [4.78, 5) is 0. The van der Waals surface area contributed by atoms with E-state index in [2.05, 4.69) is 17.2 Å². The molecule has 0 saturated heterocycles. The Bertz CT molecular complexity index is 217. The fourth-order valence-electron chi connectivity index (χ4n) is 1.21. The molecule has 0 radical (unpaired) electrons.